The summed E-state index contributed by atoms with van der Waals surface area (Å²) in [6, 6.07) is 24.9. The summed E-state index contributed by atoms with van der Waals surface area (Å²) >= 11 is 9.57. The first-order chi connectivity index (χ1) is 22.1. The van der Waals surface area contributed by atoms with Crippen LogP contribution in [0, 0.1) is 5.92 Å². The molecule has 4 aromatic rings. The maximum Gasteiger partial charge on any atom is 0.261 e. The van der Waals surface area contributed by atoms with Gasteiger partial charge in [-0.2, -0.15) is 0 Å². The highest BCUT2D eigenvalue weighted by Gasteiger charge is 2.36. The van der Waals surface area contributed by atoms with Gasteiger partial charge in [-0.1, -0.05) is 39.7 Å². The van der Waals surface area contributed by atoms with Crippen LogP contribution < -0.4 is 20.1 Å². The molecule has 0 saturated carbocycles. The molecule has 0 spiro atoms. The highest BCUT2D eigenvalue weighted by molar-refractivity contribution is 9.10. The molecule has 2 unspecified atom stereocenters. The van der Waals surface area contributed by atoms with E-state index >= 15 is 0 Å². The molecule has 0 radical (unpaired) electrons. The zero-order valence-corrected chi connectivity index (χ0v) is 28.1. The lowest BCUT2D eigenvalue weighted by Gasteiger charge is -2.44. The van der Waals surface area contributed by atoms with Crippen LogP contribution in [0.4, 0.5) is 17.1 Å². The van der Waals surface area contributed by atoms with Gasteiger partial charge in [0.1, 0.15) is 0 Å². The Morgan fingerprint density at radius 1 is 0.848 bits per heavy atom. The molecule has 1 N–H and O–H groups in total. The number of nitrogens with zero attached hydrogens (tertiary/aromatic N) is 4. The van der Waals surface area contributed by atoms with E-state index in [-0.39, 0.29) is 28.2 Å². The van der Waals surface area contributed by atoms with Crippen molar-refractivity contribution in [2.24, 2.45) is 5.92 Å². The van der Waals surface area contributed by atoms with Crippen molar-refractivity contribution in [3.63, 3.8) is 0 Å². The van der Waals surface area contributed by atoms with Gasteiger partial charge >= 0.3 is 0 Å². The van der Waals surface area contributed by atoms with Gasteiger partial charge in [0.2, 0.25) is 0 Å². The summed E-state index contributed by atoms with van der Waals surface area (Å²) in [4.78, 5) is 32.7. The second kappa shape index (κ2) is 12.4. The average Bonchev–Trinajstić information content (AvgIpc) is 3.05. The summed E-state index contributed by atoms with van der Waals surface area (Å²) in [7, 11) is -3.96. The molecular weight excluding hydrogens is 690 g/mol. The summed E-state index contributed by atoms with van der Waals surface area (Å²) in [5, 5.41) is 0.671. The molecule has 9 nitrogen and oxygen atoms in total. The quantitative estimate of drug-likeness (QED) is 0.277. The zero-order valence-electron chi connectivity index (χ0n) is 25.0. The molecular formula is C34H33BrClN5O4S. The van der Waals surface area contributed by atoms with E-state index in [1.165, 1.54) is 0 Å². The standard InChI is InChI=1S/C34H33BrClN5O4S/c35-26-8-10-29(11-9-26)46(44,45)37-30-18-24(34(43)39-15-13-38(14-16-39)28-4-1-3-27(36)19-28)7-12-32(30)40-20-23-17-25(22-40)31-5-2-6-33(42)41(31)21-23/h1-12,18-19,23,25,37H,13-17,20-22H2. The van der Waals surface area contributed by atoms with Crippen LogP contribution in [0.15, 0.2) is 99.1 Å². The number of aromatic nitrogens is 1. The third-order valence-corrected chi connectivity index (χ3v) is 11.3. The Balaban J connectivity index is 1.18. The zero-order chi connectivity index (χ0) is 32.0. The largest absolute Gasteiger partial charge is 0.369 e. The number of piperazine rings is 1. The van der Waals surface area contributed by atoms with Gasteiger partial charge in [0.05, 0.1) is 16.3 Å². The molecule has 1 amide bonds. The first kappa shape index (κ1) is 30.8. The van der Waals surface area contributed by atoms with Gasteiger partial charge in [-0.25, -0.2) is 8.42 Å². The van der Waals surface area contributed by atoms with Crippen LogP contribution in [0.25, 0.3) is 0 Å². The van der Waals surface area contributed by atoms with Gasteiger partial charge in [0.25, 0.3) is 21.5 Å². The maximum atomic E-state index is 13.8. The second-order valence-electron chi connectivity index (χ2n) is 12.2. The van der Waals surface area contributed by atoms with E-state index in [9.17, 15) is 18.0 Å². The number of carbonyl (C=O) groups excluding carboxylic acids is 1. The number of hydrogen-bond donors (Lipinski definition) is 1. The molecule has 2 atom stereocenters. The van der Waals surface area contributed by atoms with Gasteiger partial charge in [0.15, 0.2) is 0 Å². The normalized spacial score (nSPS) is 19.5. The molecule has 7 rings (SSSR count). The number of nitrogens with one attached hydrogen (secondary N) is 1. The first-order valence-electron chi connectivity index (χ1n) is 15.3. The smallest absolute Gasteiger partial charge is 0.261 e. The van der Waals surface area contributed by atoms with E-state index in [4.69, 9.17) is 11.6 Å². The van der Waals surface area contributed by atoms with Gasteiger partial charge in [-0.15, -0.1) is 0 Å². The SMILES string of the molecule is O=C(c1ccc(N2CC3CC(C2)c2cccc(=O)n2C3)c(NS(=O)(=O)c2ccc(Br)cc2)c1)N1CCN(c2cccc(Cl)c2)CC1. The lowest BCUT2D eigenvalue weighted by Crippen LogP contribution is -2.49. The molecule has 46 heavy (non-hydrogen) atoms. The fourth-order valence-electron chi connectivity index (χ4n) is 6.96. The Bertz CT molecular complexity index is 1960. The third-order valence-electron chi connectivity index (χ3n) is 9.17. The van der Waals surface area contributed by atoms with Crippen LogP contribution >= 0.6 is 27.5 Å². The topological polar surface area (TPSA) is 95.0 Å². The molecule has 3 aromatic carbocycles. The van der Waals surface area contributed by atoms with E-state index < -0.39 is 10.0 Å². The summed E-state index contributed by atoms with van der Waals surface area (Å²) in [5.74, 6) is 0.221. The fourth-order valence-corrected chi connectivity index (χ4v) is 8.47. The van der Waals surface area contributed by atoms with Crippen molar-refractivity contribution in [3.8, 4) is 0 Å². The van der Waals surface area contributed by atoms with E-state index in [1.54, 1.807) is 48.5 Å². The van der Waals surface area contributed by atoms with Crippen LogP contribution in [0.3, 0.4) is 0 Å². The average molecular weight is 723 g/mol. The minimum atomic E-state index is -3.96. The van der Waals surface area contributed by atoms with Crippen LogP contribution in [-0.4, -0.2) is 63.1 Å². The van der Waals surface area contributed by atoms with Crippen LogP contribution in [0.5, 0.6) is 0 Å². The van der Waals surface area contributed by atoms with Crippen molar-refractivity contribution >= 4 is 60.5 Å². The minimum Gasteiger partial charge on any atom is -0.369 e. The van der Waals surface area contributed by atoms with Crippen molar-refractivity contribution in [1.82, 2.24) is 9.47 Å². The van der Waals surface area contributed by atoms with Crippen molar-refractivity contribution in [2.75, 3.05) is 53.8 Å². The Morgan fingerprint density at radius 3 is 2.37 bits per heavy atom. The highest BCUT2D eigenvalue weighted by atomic mass is 79.9. The Labute approximate surface area is 281 Å². The molecule has 3 aliphatic heterocycles. The molecule has 238 valence electrons. The Hall–Kier alpha value is -3.80. The lowest BCUT2D eigenvalue weighted by molar-refractivity contribution is 0.0747. The fraction of sp³-hybridized carbons (Fsp3) is 0.294. The first-order valence-corrected chi connectivity index (χ1v) is 18.0. The summed E-state index contributed by atoms with van der Waals surface area (Å²) in [6.07, 6.45) is 0.970. The van der Waals surface area contributed by atoms with Crippen molar-refractivity contribution in [2.45, 2.75) is 23.8 Å². The van der Waals surface area contributed by atoms with Crippen LogP contribution in [0.2, 0.25) is 5.02 Å². The van der Waals surface area contributed by atoms with E-state index in [0.29, 0.717) is 67.8 Å². The minimum absolute atomic E-state index is 0.0138. The van der Waals surface area contributed by atoms with E-state index in [0.717, 1.165) is 22.3 Å². The number of carbonyl (C=O) groups is 1. The number of hydrogen-bond acceptors (Lipinski definition) is 6. The van der Waals surface area contributed by atoms with Crippen molar-refractivity contribution in [3.05, 3.63) is 116 Å². The van der Waals surface area contributed by atoms with Gasteiger partial charge in [-0.05, 0) is 79.1 Å². The number of fused-ring (bicyclic) bond motifs is 4. The molecule has 1 aromatic heterocycles. The summed E-state index contributed by atoms with van der Waals surface area (Å²) in [6.45, 7) is 4.31. The highest BCUT2D eigenvalue weighted by Crippen LogP contribution is 2.40. The van der Waals surface area contributed by atoms with Crippen molar-refractivity contribution in [1.29, 1.82) is 0 Å². The number of amides is 1. The van der Waals surface area contributed by atoms with Gasteiger partial charge in [-0.3, -0.25) is 14.3 Å². The molecule has 0 aliphatic carbocycles. The molecule has 2 fully saturated rings. The molecule has 2 saturated heterocycles. The number of benzene rings is 3. The Kier molecular flexibility index (Phi) is 8.33. The number of piperidine rings is 1. The second-order valence-corrected chi connectivity index (χ2v) is 15.2. The van der Waals surface area contributed by atoms with E-state index in [1.807, 2.05) is 45.9 Å². The maximum absolute atomic E-state index is 13.8. The molecule has 4 heterocycles. The summed E-state index contributed by atoms with van der Waals surface area (Å²) in [5.41, 5.74) is 3.53. The monoisotopic (exact) mass is 721 g/mol. The predicted octanol–water partition coefficient (Wildman–Crippen LogP) is 5.65. The number of halogens is 2. The van der Waals surface area contributed by atoms with Gasteiger partial charge < -0.3 is 19.3 Å². The number of anilines is 3. The molecule has 12 heteroatoms. The van der Waals surface area contributed by atoms with Crippen LogP contribution in [-0.2, 0) is 16.6 Å². The molecule has 3 aliphatic rings. The number of sulfonamides is 1. The summed E-state index contributed by atoms with van der Waals surface area (Å²) < 4.78 is 32.7. The third kappa shape index (κ3) is 6.15. The number of rotatable bonds is 6. The lowest BCUT2D eigenvalue weighted by atomic mass is 9.83. The Morgan fingerprint density at radius 2 is 1.61 bits per heavy atom. The predicted molar refractivity (Wildman–Crippen MR) is 185 cm³/mol. The van der Waals surface area contributed by atoms with E-state index in [2.05, 4.69) is 30.5 Å². The van der Waals surface area contributed by atoms with Crippen molar-refractivity contribution < 1.29 is 13.2 Å². The number of pyridine rings is 1. The molecule has 2 bridgehead atoms. The van der Waals surface area contributed by atoms with Gasteiger partial charge in [0, 0.05) is 84.2 Å². The van der Waals surface area contributed by atoms with Crippen LogP contribution in [0.1, 0.15) is 28.4 Å².